The minimum Gasteiger partial charge on any atom is -0.506 e. The van der Waals surface area contributed by atoms with Gasteiger partial charge in [0, 0.05) is 6.54 Å². The lowest BCUT2D eigenvalue weighted by atomic mass is 10.2. The topological polar surface area (TPSA) is 58.3 Å². The SMILES string of the molecule is CCCCn1cnc2c(O)ccc(O)c21. The van der Waals surface area contributed by atoms with Crippen molar-refractivity contribution >= 4 is 11.0 Å². The van der Waals surface area contributed by atoms with E-state index < -0.39 is 0 Å². The third-order valence-electron chi connectivity index (χ3n) is 2.47. The predicted molar refractivity (Wildman–Crippen MR) is 58.0 cm³/mol. The van der Waals surface area contributed by atoms with E-state index in [1.54, 1.807) is 6.33 Å². The smallest absolute Gasteiger partial charge is 0.143 e. The number of aryl methyl sites for hydroxylation is 1. The van der Waals surface area contributed by atoms with Gasteiger partial charge in [-0.05, 0) is 18.6 Å². The summed E-state index contributed by atoms with van der Waals surface area (Å²) in [6, 6.07) is 2.94. The molecule has 4 heteroatoms. The number of imidazole rings is 1. The quantitative estimate of drug-likeness (QED) is 0.757. The summed E-state index contributed by atoms with van der Waals surface area (Å²) in [7, 11) is 0. The molecule has 2 rings (SSSR count). The van der Waals surface area contributed by atoms with Crippen molar-refractivity contribution in [3.05, 3.63) is 18.5 Å². The zero-order valence-corrected chi connectivity index (χ0v) is 8.64. The third-order valence-corrected chi connectivity index (χ3v) is 2.47. The van der Waals surface area contributed by atoms with Gasteiger partial charge in [0.25, 0.3) is 0 Å². The highest BCUT2D eigenvalue weighted by atomic mass is 16.3. The molecular weight excluding hydrogens is 192 g/mol. The molecule has 0 aliphatic rings. The van der Waals surface area contributed by atoms with Crippen molar-refractivity contribution in [3.8, 4) is 11.5 Å². The van der Waals surface area contributed by atoms with Crippen LogP contribution in [0.4, 0.5) is 0 Å². The van der Waals surface area contributed by atoms with E-state index >= 15 is 0 Å². The average Bonchev–Trinajstić information content (AvgIpc) is 2.65. The Morgan fingerprint density at radius 2 is 2.00 bits per heavy atom. The Bertz CT molecular complexity index is 477. The third kappa shape index (κ3) is 1.63. The highest BCUT2D eigenvalue weighted by Crippen LogP contribution is 2.30. The molecule has 0 bridgehead atoms. The number of hydrogen-bond donors (Lipinski definition) is 2. The second-order valence-corrected chi connectivity index (χ2v) is 3.59. The summed E-state index contributed by atoms with van der Waals surface area (Å²) in [5, 5.41) is 19.2. The van der Waals surface area contributed by atoms with Gasteiger partial charge in [-0.25, -0.2) is 4.98 Å². The summed E-state index contributed by atoms with van der Waals surface area (Å²) in [5.74, 6) is 0.273. The second kappa shape index (κ2) is 3.81. The molecule has 0 radical (unpaired) electrons. The molecule has 1 heterocycles. The molecule has 1 aromatic heterocycles. The first-order valence-corrected chi connectivity index (χ1v) is 5.09. The standard InChI is InChI=1S/C11H14N2O2/c1-2-3-6-13-7-12-10-8(14)4-5-9(15)11(10)13/h4-5,7,14-15H,2-3,6H2,1H3. The zero-order valence-electron chi connectivity index (χ0n) is 8.64. The number of hydrogen-bond acceptors (Lipinski definition) is 3. The van der Waals surface area contributed by atoms with Crippen molar-refractivity contribution < 1.29 is 10.2 Å². The van der Waals surface area contributed by atoms with Crippen LogP contribution in [0.5, 0.6) is 11.5 Å². The first-order valence-electron chi connectivity index (χ1n) is 5.09. The Kier molecular flexibility index (Phi) is 2.49. The molecule has 0 aliphatic carbocycles. The van der Waals surface area contributed by atoms with Crippen LogP contribution in [0.15, 0.2) is 18.5 Å². The summed E-state index contributed by atoms with van der Waals surface area (Å²) in [5.41, 5.74) is 1.08. The van der Waals surface area contributed by atoms with E-state index in [1.807, 2.05) is 4.57 Å². The molecule has 0 saturated carbocycles. The van der Waals surface area contributed by atoms with Crippen LogP contribution in [0.25, 0.3) is 11.0 Å². The Labute approximate surface area is 87.8 Å². The normalized spacial score (nSPS) is 11.0. The molecule has 0 spiro atoms. The van der Waals surface area contributed by atoms with Crippen LogP contribution in [0.2, 0.25) is 0 Å². The lowest BCUT2D eigenvalue weighted by Gasteiger charge is -2.04. The van der Waals surface area contributed by atoms with Crippen LogP contribution in [-0.4, -0.2) is 19.8 Å². The van der Waals surface area contributed by atoms with Crippen LogP contribution in [0.1, 0.15) is 19.8 Å². The summed E-state index contributed by atoms with van der Waals surface area (Å²) in [4.78, 5) is 4.08. The molecule has 1 aromatic carbocycles. The van der Waals surface area contributed by atoms with Gasteiger partial charge in [0.1, 0.15) is 22.5 Å². The summed E-state index contributed by atoms with van der Waals surface area (Å²) < 4.78 is 1.87. The van der Waals surface area contributed by atoms with Crippen molar-refractivity contribution in [1.29, 1.82) is 0 Å². The van der Waals surface area contributed by atoms with Crippen molar-refractivity contribution in [2.24, 2.45) is 0 Å². The Balaban J connectivity index is 2.53. The second-order valence-electron chi connectivity index (χ2n) is 3.59. The number of phenols is 2. The van der Waals surface area contributed by atoms with E-state index in [9.17, 15) is 10.2 Å². The first kappa shape index (κ1) is 9.83. The summed E-state index contributed by atoms with van der Waals surface area (Å²) in [6.45, 7) is 2.92. The minimum absolute atomic E-state index is 0.109. The fraction of sp³-hybridized carbons (Fsp3) is 0.364. The van der Waals surface area contributed by atoms with Gasteiger partial charge in [-0.15, -0.1) is 0 Å². The lowest BCUT2D eigenvalue weighted by molar-refractivity contribution is 0.466. The molecule has 0 aliphatic heterocycles. The average molecular weight is 206 g/mol. The first-order chi connectivity index (χ1) is 7.24. The molecule has 2 N–H and O–H groups in total. The number of fused-ring (bicyclic) bond motifs is 1. The van der Waals surface area contributed by atoms with Crippen LogP contribution in [0.3, 0.4) is 0 Å². The predicted octanol–water partition coefficient (Wildman–Crippen LogP) is 2.25. The number of benzene rings is 1. The molecular formula is C11H14N2O2. The number of rotatable bonds is 3. The molecule has 80 valence electrons. The monoisotopic (exact) mass is 206 g/mol. The largest absolute Gasteiger partial charge is 0.506 e. The molecule has 0 atom stereocenters. The fourth-order valence-corrected chi connectivity index (χ4v) is 1.65. The fourth-order valence-electron chi connectivity index (χ4n) is 1.65. The maximum Gasteiger partial charge on any atom is 0.143 e. The molecule has 0 unspecified atom stereocenters. The molecule has 0 amide bonds. The summed E-state index contributed by atoms with van der Waals surface area (Å²) in [6.07, 6.45) is 3.76. The Morgan fingerprint density at radius 1 is 1.27 bits per heavy atom. The molecule has 0 saturated heterocycles. The van der Waals surface area contributed by atoms with Gasteiger partial charge in [-0.3, -0.25) is 0 Å². The number of aromatic nitrogens is 2. The number of phenolic OH excluding ortho intramolecular Hbond substituents is 2. The van der Waals surface area contributed by atoms with Gasteiger partial charge in [0.15, 0.2) is 0 Å². The van der Waals surface area contributed by atoms with E-state index in [0.717, 1.165) is 19.4 Å². The van der Waals surface area contributed by atoms with E-state index in [2.05, 4.69) is 11.9 Å². The number of nitrogens with zero attached hydrogens (tertiary/aromatic N) is 2. The van der Waals surface area contributed by atoms with Crippen molar-refractivity contribution in [1.82, 2.24) is 9.55 Å². The number of unbranched alkanes of at least 4 members (excludes halogenated alkanes) is 1. The lowest BCUT2D eigenvalue weighted by Crippen LogP contribution is -1.95. The molecule has 15 heavy (non-hydrogen) atoms. The molecule has 4 nitrogen and oxygen atoms in total. The van der Waals surface area contributed by atoms with Gasteiger partial charge in [0.2, 0.25) is 0 Å². The zero-order chi connectivity index (χ0) is 10.8. The van der Waals surface area contributed by atoms with Gasteiger partial charge in [-0.1, -0.05) is 13.3 Å². The van der Waals surface area contributed by atoms with Gasteiger partial charge in [-0.2, -0.15) is 0 Å². The van der Waals surface area contributed by atoms with Crippen LogP contribution < -0.4 is 0 Å². The maximum atomic E-state index is 9.69. The minimum atomic E-state index is 0.109. The van der Waals surface area contributed by atoms with Gasteiger partial charge < -0.3 is 14.8 Å². The molecule has 2 aromatic rings. The Morgan fingerprint density at radius 3 is 2.73 bits per heavy atom. The highest BCUT2D eigenvalue weighted by molar-refractivity contribution is 5.86. The van der Waals surface area contributed by atoms with Crippen molar-refractivity contribution in [3.63, 3.8) is 0 Å². The van der Waals surface area contributed by atoms with Crippen molar-refractivity contribution in [2.45, 2.75) is 26.3 Å². The van der Waals surface area contributed by atoms with E-state index in [1.165, 1.54) is 12.1 Å². The van der Waals surface area contributed by atoms with Crippen molar-refractivity contribution in [2.75, 3.05) is 0 Å². The van der Waals surface area contributed by atoms with Gasteiger partial charge >= 0.3 is 0 Å². The number of aromatic hydroxyl groups is 2. The van der Waals surface area contributed by atoms with E-state index in [0.29, 0.717) is 11.0 Å². The van der Waals surface area contributed by atoms with Crippen LogP contribution >= 0.6 is 0 Å². The summed E-state index contributed by atoms with van der Waals surface area (Å²) >= 11 is 0. The van der Waals surface area contributed by atoms with Crippen LogP contribution in [0, 0.1) is 0 Å². The van der Waals surface area contributed by atoms with E-state index in [4.69, 9.17) is 0 Å². The van der Waals surface area contributed by atoms with E-state index in [-0.39, 0.29) is 11.5 Å². The van der Waals surface area contributed by atoms with Crippen LogP contribution in [-0.2, 0) is 6.54 Å². The molecule has 0 fully saturated rings. The highest BCUT2D eigenvalue weighted by Gasteiger charge is 2.10. The van der Waals surface area contributed by atoms with Gasteiger partial charge in [0.05, 0.1) is 6.33 Å². The Hall–Kier alpha value is -1.71. The maximum absolute atomic E-state index is 9.69.